The molecule has 0 saturated carbocycles. The van der Waals surface area contributed by atoms with Gasteiger partial charge in [-0.2, -0.15) is 0 Å². The van der Waals surface area contributed by atoms with Gasteiger partial charge in [0.2, 0.25) is 5.91 Å². The van der Waals surface area contributed by atoms with Crippen molar-refractivity contribution in [3.05, 3.63) is 0 Å². The van der Waals surface area contributed by atoms with Crippen LogP contribution in [0.4, 0.5) is 0 Å². The smallest absolute Gasteiger partial charge is 0.220 e. The Balaban J connectivity index is 3.12. The van der Waals surface area contributed by atoms with Gasteiger partial charge in [-0.25, -0.2) is 0 Å². The third kappa shape index (κ3) is 13.8. The number of hydrogen-bond donors (Lipinski definition) is 1. The quantitative estimate of drug-likeness (QED) is 0.408. The SMILES string of the molecule is CCCCCCCCCCCC(=O)NCC(C)Cl. The van der Waals surface area contributed by atoms with Crippen LogP contribution in [0.15, 0.2) is 0 Å². The Labute approximate surface area is 118 Å². The molecule has 1 atom stereocenters. The number of hydrogen-bond acceptors (Lipinski definition) is 1. The Bertz CT molecular complexity index is 195. The molecule has 0 aromatic heterocycles. The molecule has 1 unspecified atom stereocenters. The van der Waals surface area contributed by atoms with Crippen molar-refractivity contribution in [2.75, 3.05) is 6.54 Å². The van der Waals surface area contributed by atoms with E-state index in [4.69, 9.17) is 11.6 Å². The van der Waals surface area contributed by atoms with Crippen molar-refractivity contribution in [1.82, 2.24) is 5.32 Å². The van der Waals surface area contributed by atoms with Crippen LogP contribution >= 0.6 is 11.6 Å². The molecule has 0 aliphatic rings. The van der Waals surface area contributed by atoms with Crippen LogP contribution in [-0.2, 0) is 4.79 Å². The zero-order valence-corrected chi connectivity index (χ0v) is 12.9. The van der Waals surface area contributed by atoms with Gasteiger partial charge in [0.25, 0.3) is 0 Å². The zero-order chi connectivity index (χ0) is 13.6. The van der Waals surface area contributed by atoms with Gasteiger partial charge in [0.15, 0.2) is 0 Å². The first kappa shape index (κ1) is 17.8. The average molecular weight is 276 g/mol. The van der Waals surface area contributed by atoms with E-state index >= 15 is 0 Å². The Morgan fingerprint density at radius 3 is 2.00 bits per heavy atom. The van der Waals surface area contributed by atoms with Crippen molar-refractivity contribution in [2.45, 2.75) is 83.4 Å². The third-order valence-corrected chi connectivity index (χ3v) is 3.24. The highest BCUT2D eigenvalue weighted by molar-refractivity contribution is 6.20. The monoisotopic (exact) mass is 275 g/mol. The molecule has 0 spiro atoms. The normalized spacial score (nSPS) is 12.4. The number of unbranched alkanes of at least 4 members (excludes halogenated alkanes) is 8. The Hall–Kier alpha value is -0.240. The van der Waals surface area contributed by atoms with Crippen LogP contribution < -0.4 is 5.32 Å². The maximum Gasteiger partial charge on any atom is 0.220 e. The van der Waals surface area contributed by atoms with E-state index in [1.165, 1.54) is 51.4 Å². The summed E-state index contributed by atoms with van der Waals surface area (Å²) >= 11 is 5.76. The van der Waals surface area contributed by atoms with Gasteiger partial charge in [-0.15, -0.1) is 11.6 Å². The van der Waals surface area contributed by atoms with Crippen LogP contribution in [0.5, 0.6) is 0 Å². The van der Waals surface area contributed by atoms with Crippen LogP contribution in [0.25, 0.3) is 0 Å². The summed E-state index contributed by atoms with van der Waals surface area (Å²) in [6.07, 6.45) is 12.2. The van der Waals surface area contributed by atoms with Crippen LogP contribution in [0.1, 0.15) is 78.1 Å². The molecule has 3 heteroatoms. The highest BCUT2D eigenvalue weighted by Crippen LogP contribution is 2.10. The van der Waals surface area contributed by atoms with E-state index in [-0.39, 0.29) is 11.3 Å². The van der Waals surface area contributed by atoms with Crippen LogP contribution in [-0.4, -0.2) is 17.8 Å². The number of carbonyl (C=O) groups excluding carboxylic acids is 1. The molecule has 0 aromatic rings. The first-order valence-corrected chi connectivity index (χ1v) is 8.01. The molecule has 0 fully saturated rings. The van der Waals surface area contributed by atoms with Gasteiger partial charge in [0.05, 0.1) is 0 Å². The molecular weight excluding hydrogens is 246 g/mol. The number of amides is 1. The predicted octanol–water partition coefficient (Wildman–Crippen LogP) is 4.65. The number of carbonyl (C=O) groups is 1. The second-order valence-electron chi connectivity index (χ2n) is 5.16. The molecule has 108 valence electrons. The van der Waals surface area contributed by atoms with E-state index in [9.17, 15) is 4.79 Å². The van der Waals surface area contributed by atoms with Crippen LogP contribution in [0.2, 0.25) is 0 Å². The third-order valence-electron chi connectivity index (χ3n) is 3.09. The molecular formula is C15H30ClNO. The molecule has 0 aliphatic heterocycles. The van der Waals surface area contributed by atoms with Crippen LogP contribution in [0, 0.1) is 0 Å². The Kier molecular flexibility index (Phi) is 13.0. The second kappa shape index (κ2) is 13.2. The van der Waals surface area contributed by atoms with Crippen molar-refractivity contribution in [3.8, 4) is 0 Å². The van der Waals surface area contributed by atoms with Crippen molar-refractivity contribution < 1.29 is 4.79 Å². The molecule has 0 rings (SSSR count). The van der Waals surface area contributed by atoms with Gasteiger partial charge >= 0.3 is 0 Å². The summed E-state index contributed by atoms with van der Waals surface area (Å²) in [4.78, 5) is 11.4. The second-order valence-corrected chi connectivity index (χ2v) is 5.91. The van der Waals surface area contributed by atoms with Gasteiger partial charge in [0.1, 0.15) is 0 Å². The van der Waals surface area contributed by atoms with Crippen molar-refractivity contribution in [1.29, 1.82) is 0 Å². The van der Waals surface area contributed by atoms with E-state index in [0.29, 0.717) is 13.0 Å². The maximum absolute atomic E-state index is 11.4. The largest absolute Gasteiger partial charge is 0.355 e. The van der Waals surface area contributed by atoms with E-state index in [0.717, 1.165) is 6.42 Å². The van der Waals surface area contributed by atoms with Crippen LogP contribution in [0.3, 0.4) is 0 Å². The van der Waals surface area contributed by atoms with Gasteiger partial charge in [-0.1, -0.05) is 58.3 Å². The summed E-state index contributed by atoms with van der Waals surface area (Å²) in [6.45, 7) is 4.72. The maximum atomic E-state index is 11.4. The number of nitrogens with one attached hydrogen (secondary N) is 1. The molecule has 0 aliphatic carbocycles. The molecule has 0 radical (unpaired) electrons. The van der Waals surface area contributed by atoms with Crippen molar-refractivity contribution >= 4 is 17.5 Å². The van der Waals surface area contributed by atoms with Gasteiger partial charge in [-0.3, -0.25) is 4.79 Å². The van der Waals surface area contributed by atoms with Gasteiger partial charge in [0, 0.05) is 18.3 Å². The molecule has 1 N–H and O–H groups in total. The number of alkyl halides is 1. The summed E-state index contributed by atoms with van der Waals surface area (Å²) in [7, 11) is 0. The highest BCUT2D eigenvalue weighted by Gasteiger charge is 2.02. The zero-order valence-electron chi connectivity index (χ0n) is 12.1. The van der Waals surface area contributed by atoms with Gasteiger partial charge in [-0.05, 0) is 13.3 Å². The minimum Gasteiger partial charge on any atom is -0.355 e. The first-order chi connectivity index (χ1) is 8.66. The van der Waals surface area contributed by atoms with E-state index in [1.54, 1.807) is 0 Å². The van der Waals surface area contributed by atoms with Crippen molar-refractivity contribution in [2.24, 2.45) is 0 Å². The average Bonchev–Trinajstić information content (AvgIpc) is 2.34. The standard InChI is InChI=1S/C15H30ClNO/c1-3-4-5-6-7-8-9-10-11-12-15(18)17-13-14(2)16/h14H,3-13H2,1-2H3,(H,17,18). The topological polar surface area (TPSA) is 29.1 Å². The lowest BCUT2D eigenvalue weighted by molar-refractivity contribution is -0.121. The summed E-state index contributed by atoms with van der Waals surface area (Å²) in [5.74, 6) is 0.144. The summed E-state index contributed by atoms with van der Waals surface area (Å²) in [5, 5.41) is 2.86. The van der Waals surface area contributed by atoms with Gasteiger partial charge < -0.3 is 5.32 Å². The molecule has 0 heterocycles. The highest BCUT2D eigenvalue weighted by atomic mass is 35.5. The number of halogens is 1. The first-order valence-electron chi connectivity index (χ1n) is 7.57. The van der Waals surface area contributed by atoms with Crippen molar-refractivity contribution in [3.63, 3.8) is 0 Å². The lowest BCUT2D eigenvalue weighted by Gasteiger charge is -2.06. The summed E-state index contributed by atoms with van der Waals surface area (Å²) in [5.41, 5.74) is 0. The molecule has 2 nitrogen and oxygen atoms in total. The fourth-order valence-electron chi connectivity index (χ4n) is 1.94. The van der Waals surface area contributed by atoms with E-state index in [1.807, 2.05) is 6.92 Å². The molecule has 0 aromatic carbocycles. The molecule has 1 amide bonds. The fraction of sp³-hybridized carbons (Fsp3) is 0.933. The Morgan fingerprint density at radius 1 is 1.00 bits per heavy atom. The molecule has 0 bridgehead atoms. The minimum atomic E-state index is 0.0251. The minimum absolute atomic E-state index is 0.0251. The predicted molar refractivity (Wildman–Crippen MR) is 80.2 cm³/mol. The number of rotatable bonds is 12. The van der Waals surface area contributed by atoms with E-state index < -0.39 is 0 Å². The molecule has 0 saturated heterocycles. The van der Waals surface area contributed by atoms with E-state index in [2.05, 4.69) is 12.2 Å². The Morgan fingerprint density at radius 2 is 1.50 bits per heavy atom. The fourth-order valence-corrected chi connectivity index (χ4v) is 2.02. The summed E-state index contributed by atoms with van der Waals surface area (Å²) in [6, 6.07) is 0. The lowest BCUT2D eigenvalue weighted by atomic mass is 10.1. The lowest BCUT2D eigenvalue weighted by Crippen LogP contribution is -2.28. The molecule has 18 heavy (non-hydrogen) atoms. The summed E-state index contributed by atoms with van der Waals surface area (Å²) < 4.78 is 0.